The Balaban J connectivity index is 1.43. The molecule has 0 saturated carbocycles. The molecule has 0 N–H and O–H groups in total. The second kappa shape index (κ2) is 13.1. The topological polar surface area (TPSA) is 93.1 Å². The third kappa shape index (κ3) is 7.70. The first kappa shape index (κ1) is 30.7. The Labute approximate surface area is 250 Å². The van der Waals surface area contributed by atoms with E-state index in [1.807, 2.05) is 6.07 Å². The molecule has 220 valence electrons. The molecule has 0 unspecified atom stereocenters. The number of hydrogen-bond acceptors (Lipinski definition) is 7. The monoisotopic (exact) mass is 591 g/mol. The average molecular weight is 592 g/mol. The molecule has 0 spiro atoms. The van der Waals surface area contributed by atoms with Crippen molar-refractivity contribution in [1.29, 1.82) is 0 Å². The summed E-state index contributed by atoms with van der Waals surface area (Å²) < 4.78 is 22.9. The minimum absolute atomic E-state index is 0.0276. The predicted octanol–water partition coefficient (Wildman–Crippen LogP) is 7.54. The van der Waals surface area contributed by atoms with Crippen molar-refractivity contribution in [2.45, 2.75) is 47.1 Å². The molecule has 9 heteroatoms. The highest BCUT2D eigenvalue weighted by Gasteiger charge is 2.22. The van der Waals surface area contributed by atoms with E-state index in [0.29, 0.717) is 38.9 Å². The zero-order chi connectivity index (χ0) is 30.4. The van der Waals surface area contributed by atoms with Gasteiger partial charge in [0.1, 0.15) is 18.1 Å². The quantitative estimate of drug-likeness (QED) is 0.147. The fourth-order valence-corrected chi connectivity index (χ4v) is 4.50. The van der Waals surface area contributed by atoms with Gasteiger partial charge in [0.15, 0.2) is 0 Å². The lowest BCUT2D eigenvalue weighted by molar-refractivity contribution is -0.144. The summed E-state index contributed by atoms with van der Waals surface area (Å²) in [5.41, 5.74) is 3.20. The zero-order valence-electron chi connectivity index (χ0n) is 24.4. The summed E-state index contributed by atoms with van der Waals surface area (Å²) in [5.74, 6) is 0.239. The fourth-order valence-electron chi connectivity index (χ4n) is 4.37. The number of halogens is 1. The number of benzene rings is 3. The molecule has 0 atom stereocenters. The molecule has 0 aliphatic carbocycles. The molecule has 0 radical (unpaired) electrons. The van der Waals surface area contributed by atoms with Crippen molar-refractivity contribution >= 4 is 40.5 Å². The van der Waals surface area contributed by atoms with Gasteiger partial charge in [-0.2, -0.15) is 0 Å². The van der Waals surface area contributed by atoms with Crippen LogP contribution in [-0.4, -0.2) is 36.3 Å². The Bertz CT molecular complexity index is 1580. The molecule has 0 fully saturated rings. The maximum atomic E-state index is 13.5. The summed E-state index contributed by atoms with van der Waals surface area (Å²) in [6, 6.07) is 18.7. The molecule has 0 amide bonds. The lowest BCUT2D eigenvalue weighted by atomic mass is 9.93. The van der Waals surface area contributed by atoms with Crippen LogP contribution >= 0.6 is 11.6 Å². The highest BCUT2D eigenvalue weighted by Crippen LogP contribution is 2.31. The number of ether oxygens (including phenoxy) is 4. The molecule has 0 saturated heterocycles. The largest absolute Gasteiger partial charge is 0.513 e. The van der Waals surface area contributed by atoms with E-state index in [9.17, 15) is 14.4 Å². The zero-order valence-corrected chi connectivity index (χ0v) is 25.1. The van der Waals surface area contributed by atoms with Gasteiger partial charge in [-0.1, -0.05) is 44.5 Å². The molecular weight excluding hydrogens is 558 g/mol. The van der Waals surface area contributed by atoms with E-state index >= 15 is 0 Å². The molecule has 4 rings (SSSR count). The third-order valence-electron chi connectivity index (χ3n) is 6.75. The van der Waals surface area contributed by atoms with E-state index in [1.54, 1.807) is 79.3 Å². The summed E-state index contributed by atoms with van der Waals surface area (Å²) in [6.07, 6.45) is -0.0875. The number of hydrogen-bond donors (Lipinski definition) is 0. The first-order chi connectivity index (χ1) is 19.9. The SMILES string of the molecule is COc1ccc2c(c1)c(CC(=O)OCc1ccc(OC(=O)OCCC(C)(C)C)cc1)c(C)n2C(=O)c1ccc(Cl)cc1. The van der Waals surface area contributed by atoms with E-state index in [0.717, 1.165) is 17.4 Å². The average Bonchev–Trinajstić information content (AvgIpc) is 3.22. The summed E-state index contributed by atoms with van der Waals surface area (Å²) in [4.78, 5) is 38.4. The van der Waals surface area contributed by atoms with Gasteiger partial charge < -0.3 is 18.9 Å². The first-order valence-corrected chi connectivity index (χ1v) is 13.9. The van der Waals surface area contributed by atoms with Crippen LogP contribution in [0.1, 0.15) is 54.4 Å². The first-order valence-electron chi connectivity index (χ1n) is 13.5. The molecule has 0 aliphatic heterocycles. The van der Waals surface area contributed by atoms with Crippen LogP contribution in [0.4, 0.5) is 4.79 Å². The number of methoxy groups -OCH3 is 1. The number of carbonyl (C=O) groups excluding carboxylic acids is 3. The van der Waals surface area contributed by atoms with E-state index in [-0.39, 0.29) is 31.0 Å². The van der Waals surface area contributed by atoms with Crippen molar-refractivity contribution in [3.05, 3.63) is 94.1 Å². The normalized spacial score (nSPS) is 11.3. The minimum Gasteiger partial charge on any atom is -0.497 e. The minimum atomic E-state index is -0.765. The number of rotatable bonds is 9. The van der Waals surface area contributed by atoms with Crippen LogP contribution in [0.2, 0.25) is 5.02 Å². The molecule has 8 nitrogen and oxygen atoms in total. The Morgan fingerprint density at radius 1 is 0.881 bits per heavy atom. The van der Waals surface area contributed by atoms with Crippen molar-refractivity contribution in [2.75, 3.05) is 13.7 Å². The number of nitrogens with zero attached hydrogens (tertiary/aromatic N) is 1. The molecular formula is C33H34ClNO7. The summed E-state index contributed by atoms with van der Waals surface area (Å²) >= 11 is 6.01. The molecule has 1 heterocycles. The second-order valence-electron chi connectivity index (χ2n) is 11.1. The molecule has 42 heavy (non-hydrogen) atoms. The lowest BCUT2D eigenvalue weighted by Crippen LogP contribution is -2.15. The number of esters is 1. The van der Waals surface area contributed by atoms with Gasteiger partial charge in [-0.3, -0.25) is 14.2 Å². The van der Waals surface area contributed by atoms with Crippen LogP contribution in [0.5, 0.6) is 11.5 Å². The van der Waals surface area contributed by atoms with Crippen LogP contribution < -0.4 is 9.47 Å². The Morgan fingerprint density at radius 2 is 1.55 bits per heavy atom. The summed E-state index contributed by atoms with van der Waals surface area (Å²) in [7, 11) is 1.56. The van der Waals surface area contributed by atoms with Crippen molar-refractivity contribution in [3.8, 4) is 11.5 Å². The van der Waals surface area contributed by atoms with Crippen molar-refractivity contribution < 1.29 is 33.3 Å². The smallest absolute Gasteiger partial charge is 0.497 e. The predicted molar refractivity (Wildman–Crippen MR) is 160 cm³/mol. The van der Waals surface area contributed by atoms with Crippen molar-refractivity contribution in [3.63, 3.8) is 0 Å². The van der Waals surface area contributed by atoms with Crippen LogP contribution in [0, 0.1) is 12.3 Å². The van der Waals surface area contributed by atoms with Gasteiger partial charge in [0, 0.05) is 21.7 Å². The molecule has 1 aromatic heterocycles. The van der Waals surface area contributed by atoms with Crippen LogP contribution in [0.3, 0.4) is 0 Å². The molecule has 0 aliphatic rings. The van der Waals surface area contributed by atoms with E-state index in [4.69, 9.17) is 30.5 Å². The Morgan fingerprint density at radius 3 is 2.19 bits per heavy atom. The van der Waals surface area contributed by atoms with E-state index in [1.165, 1.54) is 0 Å². The number of carbonyl (C=O) groups is 3. The lowest BCUT2D eigenvalue weighted by Gasteiger charge is -2.17. The Kier molecular flexibility index (Phi) is 9.58. The Hall–Kier alpha value is -4.30. The van der Waals surface area contributed by atoms with E-state index in [2.05, 4.69) is 20.8 Å². The third-order valence-corrected chi connectivity index (χ3v) is 7.01. The van der Waals surface area contributed by atoms with Crippen molar-refractivity contribution in [1.82, 2.24) is 4.57 Å². The highest BCUT2D eigenvalue weighted by molar-refractivity contribution is 6.30. The summed E-state index contributed by atoms with van der Waals surface area (Å²) in [6.45, 7) is 8.29. The van der Waals surface area contributed by atoms with Gasteiger partial charge in [-0.05, 0) is 84.5 Å². The standard InChI is InChI=1S/C33H34ClNO7/c1-21-27(28-18-26(39-5)14-15-29(28)35(21)31(37)23-8-10-24(34)11-9-23)19-30(36)41-20-22-6-12-25(13-7-22)42-32(38)40-17-16-33(2,3)4/h6-15,18H,16-17,19-20H2,1-5H3. The highest BCUT2D eigenvalue weighted by atomic mass is 35.5. The van der Waals surface area contributed by atoms with Gasteiger partial charge >= 0.3 is 12.1 Å². The van der Waals surface area contributed by atoms with Crippen LogP contribution in [-0.2, 0) is 27.3 Å². The van der Waals surface area contributed by atoms with Gasteiger partial charge in [0.2, 0.25) is 0 Å². The van der Waals surface area contributed by atoms with Crippen LogP contribution in [0.25, 0.3) is 10.9 Å². The second-order valence-corrected chi connectivity index (χ2v) is 11.5. The number of aromatic nitrogens is 1. The van der Waals surface area contributed by atoms with Gasteiger partial charge in [0.05, 0.1) is 25.7 Å². The van der Waals surface area contributed by atoms with Gasteiger partial charge in [-0.15, -0.1) is 0 Å². The molecule has 4 aromatic rings. The summed E-state index contributed by atoms with van der Waals surface area (Å²) in [5, 5.41) is 1.26. The fraction of sp³-hybridized carbons (Fsp3) is 0.303. The number of fused-ring (bicyclic) bond motifs is 1. The maximum absolute atomic E-state index is 13.5. The molecule has 3 aromatic carbocycles. The van der Waals surface area contributed by atoms with E-state index < -0.39 is 12.1 Å². The maximum Gasteiger partial charge on any atom is 0.513 e. The molecule has 0 bridgehead atoms. The van der Waals surface area contributed by atoms with Crippen LogP contribution in [0.15, 0.2) is 66.7 Å². The van der Waals surface area contributed by atoms with Gasteiger partial charge in [0.25, 0.3) is 5.91 Å². The van der Waals surface area contributed by atoms with Crippen molar-refractivity contribution in [2.24, 2.45) is 5.41 Å². The van der Waals surface area contributed by atoms with Gasteiger partial charge in [-0.25, -0.2) is 4.79 Å².